The minimum absolute atomic E-state index is 0.572. The molecule has 0 saturated carbocycles. The van der Waals surface area contributed by atoms with E-state index in [1.54, 1.807) is 0 Å². The van der Waals surface area contributed by atoms with Crippen molar-refractivity contribution >= 4 is 16.6 Å². The minimum Gasteiger partial charge on any atom is -0.384 e. The first-order valence-corrected chi connectivity index (χ1v) is 5.64. The number of aromatic amines is 1. The van der Waals surface area contributed by atoms with Crippen LogP contribution in [0.2, 0.25) is 0 Å². The Morgan fingerprint density at radius 2 is 2.13 bits per heavy atom. The molecule has 3 rings (SSSR count). The molecule has 0 bridgehead atoms. The van der Waals surface area contributed by atoms with Gasteiger partial charge in [-0.15, -0.1) is 0 Å². The van der Waals surface area contributed by atoms with Gasteiger partial charge in [0.2, 0.25) is 0 Å². The van der Waals surface area contributed by atoms with E-state index in [9.17, 15) is 0 Å². The average Bonchev–Trinajstić information content (AvgIpc) is 2.82. The Hall–Kier alpha value is -1.44. The lowest BCUT2D eigenvalue weighted by molar-refractivity contribution is 0.836. The summed E-state index contributed by atoms with van der Waals surface area (Å²) >= 11 is 0. The monoisotopic (exact) mass is 200 g/mol. The van der Waals surface area contributed by atoms with Crippen LogP contribution in [0.25, 0.3) is 10.9 Å². The van der Waals surface area contributed by atoms with E-state index in [4.69, 9.17) is 0 Å². The Labute approximate surface area is 89.7 Å². The Kier molecular flexibility index (Phi) is 1.78. The predicted molar refractivity (Wildman–Crippen MR) is 64.6 cm³/mol. The number of hydrogen-bond acceptors (Lipinski definition) is 1. The fourth-order valence-corrected chi connectivity index (χ4v) is 2.34. The fraction of sp³-hybridized carbons (Fsp3) is 0.385. The van der Waals surface area contributed by atoms with E-state index in [1.807, 2.05) is 0 Å². The lowest BCUT2D eigenvalue weighted by atomic mass is 10.1. The molecule has 2 heteroatoms. The van der Waals surface area contributed by atoms with E-state index in [2.05, 4.69) is 42.3 Å². The second-order valence-electron chi connectivity index (χ2n) is 4.61. The van der Waals surface area contributed by atoms with Crippen molar-refractivity contribution in [2.24, 2.45) is 0 Å². The summed E-state index contributed by atoms with van der Waals surface area (Å²) in [5.74, 6) is 0.572. The van der Waals surface area contributed by atoms with Gasteiger partial charge in [-0.2, -0.15) is 0 Å². The number of fused-ring (bicyclic) bond motifs is 3. The number of hydrogen-bond donors (Lipinski definition) is 2. The van der Waals surface area contributed by atoms with Crippen molar-refractivity contribution < 1.29 is 0 Å². The van der Waals surface area contributed by atoms with Crippen LogP contribution in [0.5, 0.6) is 0 Å². The molecule has 0 fully saturated rings. The van der Waals surface area contributed by atoms with Crippen LogP contribution in [0.4, 0.5) is 5.69 Å². The van der Waals surface area contributed by atoms with Gasteiger partial charge in [-0.3, -0.25) is 0 Å². The second-order valence-corrected chi connectivity index (χ2v) is 4.61. The van der Waals surface area contributed by atoms with E-state index < -0.39 is 0 Å². The van der Waals surface area contributed by atoms with E-state index in [1.165, 1.54) is 27.8 Å². The van der Waals surface area contributed by atoms with Gasteiger partial charge in [0.05, 0.1) is 5.52 Å². The molecule has 0 atom stereocenters. The van der Waals surface area contributed by atoms with Gasteiger partial charge in [-0.25, -0.2) is 0 Å². The Morgan fingerprint density at radius 3 is 2.93 bits per heavy atom. The first-order valence-electron chi connectivity index (χ1n) is 5.64. The zero-order valence-corrected chi connectivity index (χ0v) is 9.22. The van der Waals surface area contributed by atoms with Gasteiger partial charge in [0.1, 0.15) is 0 Å². The third-order valence-electron chi connectivity index (χ3n) is 3.24. The number of rotatable bonds is 1. The van der Waals surface area contributed by atoms with Crippen molar-refractivity contribution in [3.05, 3.63) is 29.5 Å². The summed E-state index contributed by atoms with van der Waals surface area (Å²) in [6.45, 7) is 5.52. The molecule has 2 N–H and O–H groups in total. The molecule has 15 heavy (non-hydrogen) atoms. The molecule has 0 aliphatic carbocycles. The van der Waals surface area contributed by atoms with Gasteiger partial charge in [-0.05, 0) is 24.5 Å². The summed E-state index contributed by atoms with van der Waals surface area (Å²) in [5.41, 5.74) is 5.44. The molecule has 0 unspecified atom stereocenters. The lowest BCUT2D eigenvalue weighted by Crippen LogP contribution is -1.90. The van der Waals surface area contributed by atoms with Crippen LogP contribution in [-0.2, 0) is 6.42 Å². The zero-order valence-electron chi connectivity index (χ0n) is 9.22. The van der Waals surface area contributed by atoms with Crippen LogP contribution in [0.15, 0.2) is 18.2 Å². The highest BCUT2D eigenvalue weighted by molar-refractivity contribution is 5.89. The summed E-state index contributed by atoms with van der Waals surface area (Å²) in [4.78, 5) is 3.56. The SMILES string of the molecule is CC(C)c1cc2ccc3c(c2[nH]1)CCN3. The highest BCUT2D eigenvalue weighted by atomic mass is 14.9. The highest BCUT2D eigenvalue weighted by Gasteiger charge is 2.15. The number of benzene rings is 1. The molecule has 2 nitrogen and oxygen atoms in total. The van der Waals surface area contributed by atoms with E-state index in [-0.39, 0.29) is 0 Å². The second kappa shape index (κ2) is 3.02. The van der Waals surface area contributed by atoms with Crippen molar-refractivity contribution in [3.63, 3.8) is 0 Å². The molecular weight excluding hydrogens is 184 g/mol. The molecule has 0 saturated heterocycles. The molecule has 1 aromatic heterocycles. The third kappa shape index (κ3) is 1.24. The fourth-order valence-electron chi connectivity index (χ4n) is 2.34. The maximum atomic E-state index is 3.56. The molecule has 2 aromatic rings. The topological polar surface area (TPSA) is 27.8 Å². The van der Waals surface area contributed by atoms with Crippen LogP contribution < -0.4 is 5.32 Å². The first kappa shape index (κ1) is 8.84. The number of nitrogens with one attached hydrogen (secondary N) is 2. The van der Waals surface area contributed by atoms with Crippen molar-refractivity contribution in [2.75, 3.05) is 11.9 Å². The summed E-state index contributed by atoms with van der Waals surface area (Å²) in [6, 6.07) is 6.68. The highest BCUT2D eigenvalue weighted by Crippen LogP contribution is 2.31. The Bertz CT molecular complexity index is 508. The quantitative estimate of drug-likeness (QED) is 0.726. The normalized spacial score (nSPS) is 14.6. The van der Waals surface area contributed by atoms with Gasteiger partial charge in [0.25, 0.3) is 0 Å². The third-order valence-corrected chi connectivity index (χ3v) is 3.24. The summed E-state index contributed by atoms with van der Waals surface area (Å²) in [5, 5.41) is 4.76. The minimum atomic E-state index is 0.572. The molecule has 2 heterocycles. The van der Waals surface area contributed by atoms with Gasteiger partial charge in [-0.1, -0.05) is 19.9 Å². The van der Waals surface area contributed by atoms with Crippen LogP contribution >= 0.6 is 0 Å². The van der Waals surface area contributed by atoms with E-state index in [0.29, 0.717) is 5.92 Å². The van der Waals surface area contributed by atoms with Gasteiger partial charge < -0.3 is 10.3 Å². The molecule has 0 amide bonds. The maximum Gasteiger partial charge on any atom is 0.0510 e. The van der Waals surface area contributed by atoms with E-state index in [0.717, 1.165) is 13.0 Å². The van der Waals surface area contributed by atoms with Crippen molar-refractivity contribution in [1.82, 2.24) is 4.98 Å². The Balaban J connectivity index is 2.27. The summed E-state index contributed by atoms with van der Waals surface area (Å²) in [6.07, 6.45) is 1.14. The maximum absolute atomic E-state index is 3.56. The lowest BCUT2D eigenvalue weighted by Gasteiger charge is -2.00. The van der Waals surface area contributed by atoms with Crippen molar-refractivity contribution in [3.8, 4) is 0 Å². The van der Waals surface area contributed by atoms with Gasteiger partial charge >= 0.3 is 0 Å². The first-order chi connectivity index (χ1) is 7.25. The standard InChI is InChI=1S/C13H16N2/c1-8(2)12-7-9-3-4-11-10(5-6-14-11)13(9)15-12/h3-4,7-8,14-15H,5-6H2,1-2H3. The predicted octanol–water partition coefficient (Wildman–Crippen LogP) is 3.26. The molecule has 1 aliphatic heterocycles. The van der Waals surface area contributed by atoms with Crippen LogP contribution in [0.3, 0.4) is 0 Å². The molecule has 0 radical (unpaired) electrons. The van der Waals surface area contributed by atoms with E-state index >= 15 is 0 Å². The molecular formula is C13H16N2. The molecule has 1 aliphatic rings. The smallest absolute Gasteiger partial charge is 0.0510 e. The van der Waals surface area contributed by atoms with Crippen LogP contribution in [0, 0.1) is 0 Å². The number of H-pyrrole nitrogens is 1. The van der Waals surface area contributed by atoms with Gasteiger partial charge in [0.15, 0.2) is 0 Å². The van der Waals surface area contributed by atoms with Crippen molar-refractivity contribution in [2.45, 2.75) is 26.2 Å². The van der Waals surface area contributed by atoms with Crippen LogP contribution in [-0.4, -0.2) is 11.5 Å². The number of anilines is 1. The zero-order chi connectivity index (χ0) is 10.4. The summed E-state index contributed by atoms with van der Waals surface area (Å²) in [7, 11) is 0. The average molecular weight is 200 g/mol. The summed E-state index contributed by atoms with van der Waals surface area (Å²) < 4.78 is 0. The molecule has 1 aromatic carbocycles. The molecule has 0 spiro atoms. The number of aromatic nitrogens is 1. The van der Waals surface area contributed by atoms with Crippen molar-refractivity contribution in [1.29, 1.82) is 0 Å². The largest absolute Gasteiger partial charge is 0.384 e. The molecule has 78 valence electrons. The Morgan fingerprint density at radius 1 is 1.27 bits per heavy atom. The van der Waals surface area contributed by atoms with Crippen LogP contribution in [0.1, 0.15) is 31.0 Å². The van der Waals surface area contributed by atoms with Gasteiger partial charge in [0, 0.05) is 28.9 Å².